The first-order valence-corrected chi connectivity index (χ1v) is 10.0. The van der Waals surface area contributed by atoms with Crippen LogP contribution in [0.1, 0.15) is 24.0 Å². The summed E-state index contributed by atoms with van der Waals surface area (Å²) in [7, 11) is 3.17. The summed E-state index contributed by atoms with van der Waals surface area (Å²) in [5, 5.41) is 12.8. The van der Waals surface area contributed by atoms with Gasteiger partial charge in [-0.25, -0.2) is 0 Å². The zero-order chi connectivity index (χ0) is 21.7. The maximum absolute atomic E-state index is 12.7. The van der Waals surface area contributed by atoms with Gasteiger partial charge >= 0.3 is 0 Å². The summed E-state index contributed by atoms with van der Waals surface area (Å²) in [4.78, 5) is 15.0. The second-order valence-corrected chi connectivity index (χ2v) is 7.48. The lowest BCUT2D eigenvalue weighted by Crippen LogP contribution is -2.18. The molecule has 1 amide bonds. The highest BCUT2D eigenvalue weighted by atomic mass is 35.5. The highest BCUT2D eigenvalue weighted by Crippen LogP contribution is 2.38. The van der Waals surface area contributed by atoms with Crippen molar-refractivity contribution < 1.29 is 14.3 Å². The first-order chi connectivity index (χ1) is 14.5. The number of hydrogen-bond donors (Lipinski definition) is 1. The number of carbonyl (C=O) groups excluding carboxylic acids is 1. The van der Waals surface area contributed by atoms with Crippen molar-refractivity contribution in [2.75, 3.05) is 37.5 Å². The van der Waals surface area contributed by atoms with Gasteiger partial charge in [0.1, 0.15) is 23.1 Å². The van der Waals surface area contributed by atoms with E-state index in [1.54, 1.807) is 38.5 Å². The Labute approximate surface area is 181 Å². The highest BCUT2D eigenvalue weighted by molar-refractivity contribution is 6.31. The van der Waals surface area contributed by atoms with Crippen molar-refractivity contribution in [3.05, 3.63) is 52.1 Å². The van der Waals surface area contributed by atoms with Crippen LogP contribution < -0.4 is 19.7 Å². The van der Waals surface area contributed by atoms with Crippen molar-refractivity contribution in [2.45, 2.75) is 19.8 Å². The van der Waals surface area contributed by atoms with E-state index in [2.05, 4.69) is 10.2 Å². The fourth-order valence-electron chi connectivity index (χ4n) is 3.45. The van der Waals surface area contributed by atoms with Gasteiger partial charge in [0.25, 0.3) is 5.91 Å². The van der Waals surface area contributed by atoms with Gasteiger partial charge in [-0.05, 0) is 49.6 Å². The first-order valence-electron chi connectivity index (χ1n) is 9.67. The van der Waals surface area contributed by atoms with E-state index in [0.717, 1.165) is 37.2 Å². The number of halogens is 1. The molecule has 0 spiro atoms. The number of ether oxygens (including phenoxy) is 2. The van der Waals surface area contributed by atoms with E-state index >= 15 is 0 Å². The third-order valence-electron chi connectivity index (χ3n) is 5.09. The predicted octanol–water partition coefficient (Wildman–Crippen LogP) is 4.81. The molecule has 156 valence electrons. The van der Waals surface area contributed by atoms with E-state index in [9.17, 15) is 10.1 Å². The average molecular weight is 426 g/mol. The quantitative estimate of drug-likeness (QED) is 0.531. The Morgan fingerprint density at radius 1 is 1.17 bits per heavy atom. The van der Waals surface area contributed by atoms with Gasteiger partial charge in [0.2, 0.25) is 0 Å². The SMILES string of the molecule is COc1cc(N2CCCC2)c(OC)cc1/C=C(/C#N)C(=O)Nc1cc(Cl)ccc1C. The van der Waals surface area contributed by atoms with Crippen molar-refractivity contribution in [1.82, 2.24) is 0 Å². The number of anilines is 2. The lowest BCUT2D eigenvalue weighted by Gasteiger charge is -2.22. The predicted molar refractivity (Wildman–Crippen MR) is 119 cm³/mol. The maximum atomic E-state index is 12.7. The molecule has 0 saturated carbocycles. The lowest BCUT2D eigenvalue weighted by molar-refractivity contribution is -0.112. The second-order valence-electron chi connectivity index (χ2n) is 7.04. The van der Waals surface area contributed by atoms with Gasteiger partial charge in [-0.2, -0.15) is 5.26 Å². The van der Waals surface area contributed by atoms with Gasteiger partial charge in [0, 0.05) is 35.4 Å². The molecular weight excluding hydrogens is 402 g/mol. The number of nitriles is 1. The van der Waals surface area contributed by atoms with Crippen LogP contribution in [0, 0.1) is 18.3 Å². The van der Waals surface area contributed by atoms with Crippen molar-refractivity contribution in [3.8, 4) is 17.6 Å². The molecule has 0 radical (unpaired) electrons. The van der Waals surface area contributed by atoms with Crippen molar-refractivity contribution in [1.29, 1.82) is 5.26 Å². The van der Waals surface area contributed by atoms with Crippen LogP contribution in [0.3, 0.4) is 0 Å². The summed E-state index contributed by atoms with van der Waals surface area (Å²) in [5.74, 6) is 0.719. The molecule has 3 rings (SSSR count). The first kappa shape index (κ1) is 21.5. The molecule has 2 aromatic carbocycles. The topological polar surface area (TPSA) is 74.6 Å². The fraction of sp³-hybridized carbons (Fsp3) is 0.304. The largest absolute Gasteiger partial charge is 0.496 e. The third kappa shape index (κ3) is 4.69. The number of nitrogens with one attached hydrogen (secondary N) is 1. The standard InChI is InChI=1S/C23H24ClN3O3/c1-15-6-7-18(24)12-19(15)26-23(28)17(14-25)10-16-11-22(30-3)20(13-21(16)29-2)27-8-4-5-9-27/h6-7,10-13H,4-5,8-9H2,1-3H3,(H,26,28)/b17-10-. The Balaban J connectivity index is 1.95. The molecule has 0 unspecified atom stereocenters. The molecule has 1 fully saturated rings. The molecular formula is C23H24ClN3O3. The molecule has 1 N–H and O–H groups in total. The zero-order valence-electron chi connectivity index (χ0n) is 17.3. The maximum Gasteiger partial charge on any atom is 0.266 e. The highest BCUT2D eigenvalue weighted by Gasteiger charge is 2.20. The van der Waals surface area contributed by atoms with E-state index in [0.29, 0.717) is 27.8 Å². The van der Waals surface area contributed by atoms with Gasteiger partial charge in [-0.15, -0.1) is 0 Å². The molecule has 30 heavy (non-hydrogen) atoms. The Kier molecular flexibility index (Phi) is 6.86. The van der Waals surface area contributed by atoms with Gasteiger partial charge < -0.3 is 19.7 Å². The van der Waals surface area contributed by atoms with Crippen molar-refractivity contribution >= 4 is 35.0 Å². The molecule has 6 nitrogen and oxygen atoms in total. The molecule has 0 aromatic heterocycles. The van der Waals surface area contributed by atoms with Crippen LogP contribution in [0.15, 0.2) is 35.9 Å². The van der Waals surface area contributed by atoms with Gasteiger partial charge in [-0.1, -0.05) is 17.7 Å². The second kappa shape index (κ2) is 9.55. The summed E-state index contributed by atoms with van der Waals surface area (Å²) >= 11 is 6.02. The lowest BCUT2D eigenvalue weighted by atomic mass is 10.1. The van der Waals surface area contributed by atoms with Crippen LogP contribution in [0.25, 0.3) is 6.08 Å². The molecule has 1 aliphatic heterocycles. The number of nitrogens with zero attached hydrogens (tertiary/aromatic N) is 2. The van der Waals surface area contributed by atoms with Crippen LogP contribution in [-0.4, -0.2) is 33.2 Å². The van der Waals surface area contributed by atoms with Gasteiger partial charge in [0.15, 0.2) is 0 Å². The minimum atomic E-state index is -0.521. The Hall–Kier alpha value is -3.17. The minimum absolute atomic E-state index is 0.0522. The summed E-state index contributed by atoms with van der Waals surface area (Å²) in [6.07, 6.45) is 3.77. The Bertz CT molecular complexity index is 1020. The molecule has 2 aromatic rings. The monoisotopic (exact) mass is 425 g/mol. The average Bonchev–Trinajstić information content (AvgIpc) is 3.28. The fourth-order valence-corrected chi connectivity index (χ4v) is 3.62. The molecule has 1 aliphatic rings. The molecule has 0 aliphatic carbocycles. The Morgan fingerprint density at radius 2 is 1.87 bits per heavy atom. The summed E-state index contributed by atoms with van der Waals surface area (Å²) in [5.41, 5.74) is 2.89. The summed E-state index contributed by atoms with van der Waals surface area (Å²) < 4.78 is 11.1. The van der Waals surface area contributed by atoms with Crippen molar-refractivity contribution in [2.24, 2.45) is 0 Å². The normalized spacial score (nSPS) is 13.7. The summed E-state index contributed by atoms with van der Waals surface area (Å²) in [6.45, 7) is 3.77. The Morgan fingerprint density at radius 3 is 2.50 bits per heavy atom. The molecule has 0 atom stereocenters. The minimum Gasteiger partial charge on any atom is -0.496 e. The van der Waals surface area contributed by atoms with Crippen LogP contribution in [0.2, 0.25) is 5.02 Å². The summed E-state index contributed by atoms with van der Waals surface area (Å²) in [6, 6.07) is 10.9. The van der Waals surface area contributed by atoms with Crippen LogP contribution in [0.4, 0.5) is 11.4 Å². The third-order valence-corrected chi connectivity index (χ3v) is 5.33. The zero-order valence-corrected chi connectivity index (χ0v) is 18.0. The van der Waals surface area contributed by atoms with E-state index in [1.807, 2.05) is 19.1 Å². The van der Waals surface area contributed by atoms with Gasteiger partial charge in [-0.3, -0.25) is 4.79 Å². The number of methoxy groups -OCH3 is 2. The number of aryl methyl sites for hydroxylation is 1. The number of hydrogen-bond acceptors (Lipinski definition) is 5. The smallest absolute Gasteiger partial charge is 0.266 e. The molecule has 1 saturated heterocycles. The molecule has 0 bridgehead atoms. The molecule has 7 heteroatoms. The van der Waals surface area contributed by atoms with Crippen LogP contribution in [-0.2, 0) is 4.79 Å². The van der Waals surface area contributed by atoms with Crippen LogP contribution >= 0.6 is 11.6 Å². The number of carbonyl (C=O) groups is 1. The van der Waals surface area contributed by atoms with E-state index in [4.69, 9.17) is 21.1 Å². The number of rotatable bonds is 6. The number of benzene rings is 2. The van der Waals surface area contributed by atoms with E-state index in [1.165, 1.54) is 6.08 Å². The van der Waals surface area contributed by atoms with E-state index < -0.39 is 5.91 Å². The van der Waals surface area contributed by atoms with Crippen LogP contribution in [0.5, 0.6) is 11.5 Å². The number of amides is 1. The van der Waals surface area contributed by atoms with Crippen molar-refractivity contribution in [3.63, 3.8) is 0 Å². The van der Waals surface area contributed by atoms with E-state index in [-0.39, 0.29) is 5.57 Å². The molecule has 1 heterocycles. The van der Waals surface area contributed by atoms with Gasteiger partial charge in [0.05, 0.1) is 19.9 Å².